The number of aldehydes is 1. The smallest absolute Gasteiger partial charge is 0.152 e. The Hall–Kier alpha value is -1.31. The minimum Gasteiger partial charge on any atom is -0.387 e. The fourth-order valence-electron chi connectivity index (χ4n) is 1.13. The van der Waals surface area contributed by atoms with Crippen LogP contribution in [-0.2, 0) is 0 Å². The first kappa shape index (κ1) is 7.79. The maximum absolute atomic E-state index is 10.5. The van der Waals surface area contributed by atoms with Crippen molar-refractivity contribution in [3.05, 3.63) is 29.3 Å². The number of rotatable bonds is 2. The van der Waals surface area contributed by atoms with E-state index in [0.717, 1.165) is 17.5 Å². The number of aryl methyl sites for hydroxylation is 1. The number of para-hydroxylation sites is 1. The fourth-order valence-corrected chi connectivity index (χ4v) is 1.13. The summed E-state index contributed by atoms with van der Waals surface area (Å²) in [6, 6.07) is 5.64. The Bertz CT molecular complexity index is 268. The van der Waals surface area contributed by atoms with E-state index >= 15 is 0 Å². The third-order valence-corrected chi connectivity index (χ3v) is 1.68. The Labute approximate surface area is 66.2 Å². The molecule has 0 amide bonds. The molecule has 58 valence electrons. The van der Waals surface area contributed by atoms with Gasteiger partial charge in [-0.3, -0.25) is 4.79 Å². The summed E-state index contributed by atoms with van der Waals surface area (Å²) in [5, 5.41) is 2.98. The number of benzene rings is 1. The highest BCUT2D eigenvalue weighted by Gasteiger charge is 2.00. The summed E-state index contributed by atoms with van der Waals surface area (Å²) in [5.74, 6) is 0. The molecule has 0 spiro atoms. The van der Waals surface area contributed by atoms with Crippen molar-refractivity contribution < 1.29 is 4.79 Å². The van der Waals surface area contributed by atoms with Crippen LogP contribution in [0.5, 0.6) is 0 Å². The molecule has 0 aromatic heterocycles. The van der Waals surface area contributed by atoms with Crippen molar-refractivity contribution in [2.24, 2.45) is 0 Å². The van der Waals surface area contributed by atoms with Crippen molar-refractivity contribution in [3.63, 3.8) is 0 Å². The molecule has 2 nitrogen and oxygen atoms in total. The number of hydrogen-bond acceptors (Lipinski definition) is 2. The second-order valence-corrected chi connectivity index (χ2v) is 2.41. The molecule has 0 heterocycles. The maximum atomic E-state index is 10.5. The van der Waals surface area contributed by atoms with Crippen molar-refractivity contribution in [2.45, 2.75) is 6.92 Å². The summed E-state index contributed by atoms with van der Waals surface area (Å²) in [5.41, 5.74) is 2.73. The third-order valence-electron chi connectivity index (χ3n) is 1.68. The van der Waals surface area contributed by atoms with E-state index in [1.165, 1.54) is 0 Å². The molecule has 0 unspecified atom stereocenters. The molecule has 1 aromatic rings. The van der Waals surface area contributed by atoms with E-state index in [9.17, 15) is 4.79 Å². The van der Waals surface area contributed by atoms with Gasteiger partial charge in [-0.1, -0.05) is 12.1 Å². The number of nitrogens with one attached hydrogen (secondary N) is 1. The van der Waals surface area contributed by atoms with Gasteiger partial charge in [0.05, 0.1) is 0 Å². The average molecular weight is 149 g/mol. The zero-order valence-electron chi connectivity index (χ0n) is 6.72. The number of anilines is 1. The van der Waals surface area contributed by atoms with Crippen LogP contribution in [0.1, 0.15) is 15.9 Å². The quantitative estimate of drug-likeness (QED) is 0.650. The summed E-state index contributed by atoms with van der Waals surface area (Å²) in [7, 11) is 1.81. The second-order valence-electron chi connectivity index (χ2n) is 2.41. The number of carbonyl (C=O) groups excluding carboxylic acids is 1. The first-order chi connectivity index (χ1) is 5.29. The van der Waals surface area contributed by atoms with E-state index in [2.05, 4.69) is 5.32 Å². The van der Waals surface area contributed by atoms with Gasteiger partial charge < -0.3 is 5.32 Å². The minimum atomic E-state index is 0.715. The molecule has 2 heteroatoms. The molecule has 0 fully saturated rings. The van der Waals surface area contributed by atoms with E-state index in [0.29, 0.717) is 5.56 Å². The highest BCUT2D eigenvalue weighted by Crippen LogP contribution is 2.17. The normalized spacial score (nSPS) is 9.27. The Morgan fingerprint density at radius 3 is 2.64 bits per heavy atom. The molecule has 0 aliphatic heterocycles. The molecule has 0 radical (unpaired) electrons. The van der Waals surface area contributed by atoms with Gasteiger partial charge in [-0.2, -0.15) is 0 Å². The Morgan fingerprint density at radius 1 is 1.45 bits per heavy atom. The minimum absolute atomic E-state index is 0.715. The molecule has 1 N–H and O–H groups in total. The lowest BCUT2D eigenvalue weighted by Crippen LogP contribution is -1.96. The summed E-state index contributed by atoms with van der Waals surface area (Å²) in [6.45, 7) is 1.97. The molecule has 0 bridgehead atoms. The zero-order valence-corrected chi connectivity index (χ0v) is 6.72. The van der Waals surface area contributed by atoms with Crippen molar-refractivity contribution in [1.29, 1.82) is 0 Å². The van der Waals surface area contributed by atoms with Gasteiger partial charge in [-0.25, -0.2) is 0 Å². The second kappa shape index (κ2) is 3.19. The van der Waals surface area contributed by atoms with Gasteiger partial charge in [-0.15, -0.1) is 0 Å². The molecular weight excluding hydrogens is 138 g/mol. The van der Waals surface area contributed by atoms with Crippen LogP contribution in [0.4, 0.5) is 5.69 Å². The zero-order chi connectivity index (χ0) is 8.27. The summed E-state index contributed by atoms with van der Waals surface area (Å²) >= 11 is 0. The van der Waals surface area contributed by atoms with Gasteiger partial charge in [-0.05, 0) is 18.6 Å². The Morgan fingerprint density at radius 2 is 2.18 bits per heavy atom. The van der Waals surface area contributed by atoms with Crippen LogP contribution >= 0.6 is 0 Å². The van der Waals surface area contributed by atoms with E-state index in [-0.39, 0.29) is 0 Å². The lowest BCUT2D eigenvalue weighted by Gasteiger charge is -2.06. The Balaban J connectivity index is 3.23. The van der Waals surface area contributed by atoms with Crippen molar-refractivity contribution in [2.75, 3.05) is 12.4 Å². The molecule has 1 aromatic carbocycles. The van der Waals surface area contributed by atoms with Gasteiger partial charge in [0, 0.05) is 18.3 Å². The highest BCUT2D eigenvalue weighted by atomic mass is 16.1. The predicted octanol–water partition coefficient (Wildman–Crippen LogP) is 1.85. The van der Waals surface area contributed by atoms with Crippen LogP contribution in [0.2, 0.25) is 0 Å². The van der Waals surface area contributed by atoms with E-state index in [1.807, 2.05) is 26.1 Å². The van der Waals surface area contributed by atoms with Gasteiger partial charge in [0.1, 0.15) is 0 Å². The lowest BCUT2D eigenvalue weighted by atomic mass is 10.1. The standard InChI is InChI=1S/C9H11NO/c1-7-4-3-5-8(6-11)9(7)10-2/h3-6,10H,1-2H3. The Kier molecular flexibility index (Phi) is 2.26. The lowest BCUT2D eigenvalue weighted by molar-refractivity contribution is 0.112. The van der Waals surface area contributed by atoms with E-state index in [1.54, 1.807) is 6.07 Å². The summed E-state index contributed by atoms with van der Waals surface area (Å²) in [4.78, 5) is 10.5. The number of hydrogen-bond donors (Lipinski definition) is 1. The fraction of sp³-hybridized carbons (Fsp3) is 0.222. The average Bonchev–Trinajstić information content (AvgIpc) is 2.04. The SMILES string of the molecule is CNc1c(C)cccc1C=O. The van der Waals surface area contributed by atoms with Crippen molar-refractivity contribution >= 4 is 12.0 Å². The largest absolute Gasteiger partial charge is 0.387 e. The van der Waals surface area contributed by atoms with Gasteiger partial charge in [0.25, 0.3) is 0 Å². The van der Waals surface area contributed by atoms with Crippen LogP contribution in [0.15, 0.2) is 18.2 Å². The van der Waals surface area contributed by atoms with Gasteiger partial charge in [0.2, 0.25) is 0 Å². The highest BCUT2D eigenvalue weighted by molar-refractivity contribution is 5.85. The van der Waals surface area contributed by atoms with E-state index < -0.39 is 0 Å². The number of carbonyl (C=O) groups is 1. The van der Waals surface area contributed by atoms with Gasteiger partial charge in [0.15, 0.2) is 6.29 Å². The summed E-state index contributed by atoms with van der Waals surface area (Å²) < 4.78 is 0. The van der Waals surface area contributed by atoms with Crippen LogP contribution < -0.4 is 5.32 Å². The van der Waals surface area contributed by atoms with Crippen LogP contribution in [0, 0.1) is 6.92 Å². The topological polar surface area (TPSA) is 29.1 Å². The van der Waals surface area contributed by atoms with Crippen LogP contribution in [0.25, 0.3) is 0 Å². The first-order valence-electron chi connectivity index (χ1n) is 3.52. The molecule has 0 atom stereocenters. The van der Waals surface area contributed by atoms with E-state index in [4.69, 9.17) is 0 Å². The molecule has 1 rings (SSSR count). The van der Waals surface area contributed by atoms with Crippen LogP contribution in [0.3, 0.4) is 0 Å². The maximum Gasteiger partial charge on any atom is 0.152 e. The first-order valence-corrected chi connectivity index (χ1v) is 3.52. The molecule has 0 saturated carbocycles. The monoisotopic (exact) mass is 149 g/mol. The third kappa shape index (κ3) is 1.40. The predicted molar refractivity (Wildman–Crippen MR) is 46.1 cm³/mol. The molecular formula is C9H11NO. The van der Waals surface area contributed by atoms with Crippen LogP contribution in [-0.4, -0.2) is 13.3 Å². The van der Waals surface area contributed by atoms with Gasteiger partial charge >= 0.3 is 0 Å². The molecule has 11 heavy (non-hydrogen) atoms. The van der Waals surface area contributed by atoms with Crippen molar-refractivity contribution in [1.82, 2.24) is 0 Å². The molecule has 0 aliphatic carbocycles. The summed E-state index contributed by atoms with van der Waals surface area (Å²) in [6.07, 6.45) is 0.860. The van der Waals surface area contributed by atoms with Crippen molar-refractivity contribution in [3.8, 4) is 0 Å². The molecule has 0 saturated heterocycles. The molecule has 0 aliphatic rings.